The van der Waals surface area contributed by atoms with Crippen molar-refractivity contribution in [3.05, 3.63) is 30.1 Å². The normalized spacial score (nSPS) is 20.5. The van der Waals surface area contributed by atoms with Gasteiger partial charge in [0, 0.05) is 24.7 Å². The maximum Gasteiger partial charge on any atom is 0.241 e. The highest BCUT2D eigenvalue weighted by Gasteiger charge is 2.32. The number of carbonyl (C=O) groups is 2. The highest BCUT2D eigenvalue weighted by Crippen LogP contribution is 2.23. The summed E-state index contributed by atoms with van der Waals surface area (Å²) in [6.45, 7) is 5.18. The predicted octanol–water partition coefficient (Wildman–Crippen LogP) is 2.49. The molecular formula is C19H26FN3O2. The van der Waals surface area contributed by atoms with Gasteiger partial charge in [-0.1, -0.05) is 0 Å². The largest absolute Gasteiger partial charge is 0.342 e. The van der Waals surface area contributed by atoms with E-state index >= 15 is 0 Å². The fourth-order valence-electron chi connectivity index (χ4n) is 3.68. The van der Waals surface area contributed by atoms with Gasteiger partial charge < -0.3 is 10.2 Å². The number of piperidine rings is 1. The average Bonchev–Trinajstić information content (AvgIpc) is 3.17. The molecule has 2 saturated heterocycles. The Labute approximate surface area is 148 Å². The lowest BCUT2D eigenvalue weighted by Gasteiger charge is -2.36. The van der Waals surface area contributed by atoms with Crippen molar-refractivity contribution in [2.45, 2.75) is 38.6 Å². The van der Waals surface area contributed by atoms with Gasteiger partial charge in [0.1, 0.15) is 5.82 Å². The number of amides is 2. The molecule has 136 valence electrons. The Balaban J connectivity index is 1.48. The number of hydrogen-bond acceptors (Lipinski definition) is 3. The maximum atomic E-state index is 12.9. The molecule has 1 N–H and O–H groups in total. The van der Waals surface area contributed by atoms with E-state index in [4.69, 9.17) is 0 Å². The summed E-state index contributed by atoms with van der Waals surface area (Å²) in [4.78, 5) is 29.0. The molecular weight excluding hydrogens is 321 g/mol. The van der Waals surface area contributed by atoms with Crippen LogP contribution in [0.1, 0.15) is 32.6 Å². The molecule has 0 unspecified atom stereocenters. The van der Waals surface area contributed by atoms with E-state index in [9.17, 15) is 14.0 Å². The monoisotopic (exact) mass is 347 g/mol. The molecule has 2 aliphatic heterocycles. The minimum Gasteiger partial charge on any atom is -0.342 e. The van der Waals surface area contributed by atoms with Crippen LogP contribution in [0.15, 0.2) is 24.3 Å². The van der Waals surface area contributed by atoms with E-state index in [1.807, 2.05) is 11.8 Å². The third kappa shape index (κ3) is 4.37. The van der Waals surface area contributed by atoms with Gasteiger partial charge in [-0.25, -0.2) is 4.39 Å². The van der Waals surface area contributed by atoms with Gasteiger partial charge >= 0.3 is 0 Å². The summed E-state index contributed by atoms with van der Waals surface area (Å²) in [5.41, 5.74) is 0.595. The summed E-state index contributed by atoms with van der Waals surface area (Å²) in [7, 11) is 0. The summed E-state index contributed by atoms with van der Waals surface area (Å²) in [5.74, 6) is -0.0333. The zero-order valence-electron chi connectivity index (χ0n) is 14.7. The van der Waals surface area contributed by atoms with Crippen molar-refractivity contribution in [1.82, 2.24) is 9.80 Å². The van der Waals surface area contributed by atoms with Crippen LogP contribution in [0.5, 0.6) is 0 Å². The van der Waals surface area contributed by atoms with Crippen molar-refractivity contribution in [3.8, 4) is 0 Å². The summed E-state index contributed by atoms with van der Waals surface area (Å²) in [5, 5.41) is 2.82. The molecule has 2 fully saturated rings. The molecule has 0 aliphatic carbocycles. The van der Waals surface area contributed by atoms with Crippen molar-refractivity contribution in [2.75, 3.05) is 31.5 Å². The molecule has 0 spiro atoms. The number of benzene rings is 1. The van der Waals surface area contributed by atoms with E-state index in [0.717, 1.165) is 51.9 Å². The van der Waals surface area contributed by atoms with E-state index < -0.39 is 0 Å². The third-order valence-corrected chi connectivity index (χ3v) is 5.34. The minimum absolute atomic E-state index is 0.0988. The molecule has 0 saturated carbocycles. The summed E-state index contributed by atoms with van der Waals surface area (Å²) in [6.07, 6.45) is 3.85. The predicted molar refractivity (Wildman–Crippen MR) is 94.6 cm³/mol. The molecule has 1 aromatic carbocycles. The second-order valence-electron chi connectivity index (χ2n) is 7.01. The highest BCUT2D eigenvalue weighted by molar-refractivity contribution is 5.94. The number of hydrogen-bond donors (Lipinski definition) is 1. The Bertz CT molecular complexity index is 606. The Morgan fingerprint density at radius 3 is 2.28 bits per heavy atom. The van der Waals surface area contributed by atoms with Gasteiger partial charge in [0.15, 0.2) is 0 Å². The Morgan fingerprint density at radius 1 is 1.08 bits per heavy atom. The van der Waals surface area contributed by atoms with Gasteiger partial charge in [-0.15, -0.1) is 0 Å². The van der Waals surface area contributed by atoms with Crippen LogP contribution < -0.4 is 5.32 Å². The lowest BCUT2D eigenvalue weighted by molar-refractivity contribution is -0.136. The molecule has 0 aromatic heterocycles. The molecule has 2 heterocycles. The number of likely N-dealkylation sites (tertiary alicyclic amines) is 2. The molecule has 1 atom stereocenters. The van der Waals surface area contributed by atoms with Gasteiger partial charge in [-0.2, -0.15) is 0 Å². The molecule has 5 nitrogen and oxygen atoms in total. The number of anilines is 1. The number of nitrogens with zero attached hydrogens (tertiary/aromatic N) is 2. The van der Waals surface area contributed by atoms with Gasteiger partial charge in [0.05, 0.1) is 6.04 Å². The molecule has 6 heteroatoms. The number of carbonyl (C=O) groups excluding carboxylic acids is 2. The molecule has 2 amide bonds. The van der Waals surface area contributed by atoms with E-state index in [1.165, 1.54) is 12.1 Å². The molecule has 3 rings (SSSR count). The fraction of sp³-hybridized carbons (Fsp3) is 0.579. The number of rotatable bonds is 4. The van der Waals surface area contributed by atoms with Crippen LogP contribution >= 0.6 is 0 Å². The topological polar surface area (TPSA) is 52.7 Å². The van der Waals surface area contributed by atoms with Crippen LogP contribution in [0.25, 0.3) is 0 Å². The Morgan fingerprint density at radius 2 is 1.68 bits per heavy atom. The van der Waals surface area contributed by atoms with Crippen LogP contribution in [0.4, 0.5) is 10.1 Å². The fourth-order valence-corrected chi connectivity index (χ4v) is 3.68. The van der Waals surface area contributed by atoms with Crippen molar-refractivity contribution in [3.63, 3.8) is 0 Å². The summed E-state index contributed by atoms with van der Waals surface area (Å²) in [6, 6.07) is 5.50. The lowest BCUT2D eigenvalue weighted by Crippen LogP contribution is -2.48. The van der Waals surface area contributed by atoms with E-state index in [1.54, 1.807) is 12.1 Å². The smallest absolute Gasteiger partial charge is 0.241 e. The van der Waals surface area contributed by atoms with Crippen LogP contribution in [0, 0.1) is 11.7 Å². The Kier molecular flexibility index (Phi) is 5.68. The van der Waals surface area contributed by atoms with Gasteiger partial charge in [0.2, 0.25) is 11.8 Å². The SMILES string of the molecule is C[C@@H](C(=O)Nc1ccc(F)cc1)N1CCC(C(=O)N2CCCC2)CC1. The maximum absolute atomic E-state index is 12.9. The van der Waals surface area contributed by atoms with Crippen molar-refractivity contribution in [2.24, 2.45) is 5.92 Å². The van der Waals surface area contributed by atoms with Crippen LogP contribution in [-0.4, -0.2) is 53.8 Å². The van der Waals surface area contributed by atoms with Crippen molar-refractivity contribution >= 4 is 17.5 Å². The summed E-state index contributed by atoms with van der Waals surface area (Å²) >= 11 is 0. The summed E-state index contributed by atoms with van der Waals surface area (Å²) < 4.78 is 12.9. The molecule has 2 aliphatic rings. The number of halogens is 1. The van der Waals surface area contributed by atoms with E-state index in [0.29, 0.717) is 11.6 Å². The first-order valence-corrected chi connectivity index (χ1v) is 9.14. The zero-order valence-corrected chi connectivity index (χ0v) is 14.7. The first kappa shape index (κ1) is 17.9. The third-order valence-electron chi connectivity index (χ3n) is 5.34. The van der Waals surface area contributed by atoms with Gasteiger partial charge in [-0.05, 0) is 70.0 Å². The lowest BCUT2D eigenvalue weighted by atomic mass is 9.94. The quantitative estimate of drug-likeness (QED) is 0.910. The van der Waals surface area contributed by atoms with Crippen LogP contribution in [0.2, 0.25) is 0 Å². The molecule has 0 bridgehead atoms. The number of nitrogens with one attached hydrogen (secondary N) is 1. The highest BCUT2D eigenvalue weighted by atomic mass is 19.1. The first-order valence-electron chi connectivity index (χ1n) is 9.14. The van der Waals surface area contributed by atoms with E-state index in [2.05, 4.69) is 10.2 Å². The van der Waals surface area contributed by atoms with Crippen LogP contribution in [0.3, 0.4) is 0 Å². The van der Waals surface area contributed by atoms with Crippen molar-refractivity contribution in [1.29, 1.82) is 0 Å². The van der Waals surface area contributed by atoms with E-state index in [-0.39, 0.29) is 23.7 Å². The van der Waals surface area contributed by atoms with Crippen LogP contribution in [-0.2, 0) is 9.59 Å². The second-order valence-corrected chi connectivity index (χ2v) is 7.01. The second kappa shape index (κ2) is 7.95. The Hall–Kier alpha value is -1.95. The zero-order chi connectivity index (χ0) is 17.8. The average molecular weight is 347 g/mol. The standard InChI is InChI=1S/C19H26FN3O2/c1-14(18(24)21-17-6-4-16(20)5-7-17)22-12-8-15(9-13-22)19(25)23-10-2-3-11-23/h4-7,14-15H,2-3,8-13H2,1H3,(H,21,24)/t14-/m0/s1. The van der Waals surface area contributed by atoms with Crippen molar-refractivity contribution < 1.29 is 14.0 Å². The minimum atomic E-state index is -0.323. The molecule has 1 aromatic rings. The molecule has 0 radical (unpaired) electrons. The molecule has 25 heavy (non-hydrogen) atoms. The van der Waals surface area contributed by atoms with Gasteiger partial charge in [0.25, 0.3) is 0 Å². The first-order chi connectivity index (χ1) is 12.0. The van der Waals surface area contributed by atoms with Gasteiger partial charge in [-0.3, -0.25) is 14.5 Å².